The number of carboxylic acid groups (broad SMARTS) is 1. The van der Waals surface area contributed by atoms with E-state index in [9.17, 15) is 27.2 Å². The molecule has 0 fully saturated rings. The molecular weight excluding hydrogens is 344 g/mol. The van der Waals surface area contributed by atoms with Crippen molar-refractivity contribution in [1.82, 2.24) is 10.2 Å². The fourth-order valence-electron chi connectivity index (χ4n) is 2.00. The Morgan fingerprint density at radius 2 is 2.04 bits per heavy atom. The number of aldehydes is 1. The number of hydrogen-bond acceptors (Lipinski definition) is 3. The van der Waals surface area contributed by atoms with Crippen molar-refractivity contribution in [3.05, 3.63) is 39.8 Å². The molecule has 0 aliphatic heterocycles. The number of alkyl halides is 3. The van der Waals surface area contributed by atoms with Crippen LogP contribution in [0.4, 0.5) is 17.6 Å². The SMILES string of the molecule is O=CCc1c(-c2cc(C(=O)O)c(Cl)cc2F)n[nH]c1C(F)(F)F. The van der Waals surface area contributed by atoms with Crippen LogP contribution in [0.25, 0.3) is 11.3 Å². The molecule has 2 N–H and O–H groups in total. The number of benzene rings is 1. The van der Waals surface area contributed by atoms with Gasteiger partial charge >= 0.3 is 12.1 Å². The van der Waals surface area contributed by atoms with Gasteiger partial charge < -0.3 is 9.90 Å². The summed E-state index contributed by atoms with van der Waals surface area (Å²) in [4.78, 5) is 21.7. The Kier molecular flexibility index (Phi) is 4.42. The van der Waals surface area contributed by atoms with Crippen LogP contribution in [0.1, 0.15) is 21.6 Å². The van der Waals surface area contributed by atoms with E-state index in [-0.39, 0.29) is 6.29 Å². The third-order valence-electron chi connectivity index (χ3n) is 2.98. The van der Waals surface area contributed by atoms with E-state index in [1.807, 2.05) is 0 Å². The van der Waals surface area contributed by atoms with Crippen molar-refractivity contribution in [1.29, 1.82) is 0 Å². The summed E-state index contributed by atoms with van der Waals surface area (Å²) in [7, 11) is 0. The monoisotopic (exact) mass is 350 g/mol. The molecule has 0 bridgehead atoms. The van der Waals surface area contributed by atoms with Crippen LogP contribution in [0, 0.1) is 5.82 Å². The molecule has 0 saturated carbocycles. The highest BCUT2D eigenvalue weighted by atomic mass is 35.5. The minimum Gasteiger partial charge on any atom is -0.478 e. The van der Waals surface area contributed by atoms with Gasteiger partial charge in [-0.2, -0.15) is 18.3 Å². The first-order chi connectivity index (χ1) is 10.7. The Balaban J connectivity index is 2.72. The van der Waals surface area contributed by atoms with Gasteiger partial charge in [-0.05, 0) is 12.1 Å². The molecular formula is C13H7ClF4N2O3. The van der Waals surface area contributed by atoms with E-state index in [0.717, 1.165) is 6.07 Å². The Labute approximate surface area is 130 Å². The van der Waals surface area contributed by atoms with Crippen molar-refractivity contribution in [3.63, 3.8) is 0 Å². The Hall–Kier alpha value is -2.42. The molecule has 2 rings (SSSR count). The molecule has 5 nitrogen and oxygen atoms in total. The average Bonchev–Trinajstić information content (AvgIpc) is 2.82. The van der Waals surface area contributed by atoms with Crippen LogP contribution < -0.4 is 0 Å². The van der Waals surface area contributed by atoms with Crippen molar-refractivity contribution in [2.75, 3.05) is 0 Å². The van der Waals surface area contributed by atoms with Gasteiger partial charge in [-0.1, -0.05) is 11.6 Å². The fourth-order valence-corrected chi connectivity index (χ4v) is 2.23. The van der Waals surface area contributed by atoms with Crippen molar-refractivity contribution in [2.45, 2.75) is 12.6 Å². The minimum atomic E-state index is -4.83. The number of H-pyrrole nitrogens is 1. The van der Waals surface area contributed by atoms with E-state index in [1.165, 1.54) is 0 Å². The van der Waals surface area contributed by atoms with Gasteiger partial charge in [0.25, 0.3) is 0 Å². The van der Waals surface area contributed by atoms with Crippen molar-refractivity contribution in [2.24, 2.45) is 0 Å². The Morgan fingerprint density at radius 3 is 2.57 bits per heavy atom. The maximum atomic E-state index is 14.0. The number of aromatic amines is 1. The highest BCUT2D eigenvalue weighted by Crippen LogP contribution is 2.37. The quantitative estimate of drug-likeness (QED) is 0.654. The van der Waals surface area contributed by atoms with Gasteiger partial charge in [-0.25, -0.2) is 9.18 Å². The Bertz CT molecular complexity index is 786. The standard InChI is InChI=1S/C13H7ClF4N2O3/c14-8-4-9(15)7(3-6(8)12(22)23)10-5(1-2-21)11(20-19-10)13(16,17)18/h2-4H,1H2,(H,19,20)(H,22,23). The maximum absolute atomic E-state index is 14.0. The normalized spacial score (nSPS) is 11.5. The number of carboxylic acids is 1. The fraction of sp³-hybridized carbons (Fsp3) is 0.154. The molecule has 0 unspecified atom stereocenters. The number of nitrogens with zero attached hydrogens (tertiary/aromatic N) is 1. The van der Waals surface area contributed by atoms with Gasteiger partial charge in [-0.15, -0.1) is 0 Å². The molecule has 0 spiro atoms. The number of aromatic nitrogens is 2. The largest absolute Gasteiger partial charge is 0.478 e. The number of hydrogen-bond donors (Lipinski definition) is 2. The van der Waals surface area contributed by atoms with Crippen molar-refractivity contribution >= 4 is 23.9 Å². The summed E-state index contributed by atoms with van der Waals surface area (Å²) < 4.78 is 52.6. The first-order valence-electron chi connectivity index (χ1n) is 5.97. The third kappa shape index (κ3) is 3.19. The lowest BCUT2D eigenvalue weighted by atomic mass is 10.0. The number of aromatic carboxylic acids is 1. The lowest BCUT2D eigenvalue weighted by molar-refractivity contribution is -0.141. The summed E-state index contributed by atoms with van der Waals surface area (Å²) in [5, 5.41) is 13.6. The second-order valence-electron chi connectivity index (χ2n) is 4.41. The van der Waals surface area contributed by atoms with E-state index in [2.05, 4.69) is 5.10 Å². The van der Waals surface area contributed by atoms with Crippen LogP contribution in [0.2, 0.25) is 5.02 Å². The third-order valence-corrected chi connectivity index (χ3v) is 3.29. The summed E-state index contributed by atoms with van der Waals surface area (Å²) in [5.41, 5.74) is -3.39. The van der Waals surface area contributed by atoms with Gasteiger partial charge in [0.15, 0.2) is 0 Å². The van der Waals surface area contributed by atoms with E-state index in [0.29, 0.717) is 6.07 Å². The zero-order valence-electron chi connectivity index (χ0n) is 11.0. The van der Waals surface area contributed by atoms with Crippen LogP contribution in [-0.4, -0.2) is 27.6 Å². The molecule has 122 valence electrons. The van der Waals surface area contributed by atoms with Gasteiger partial charge in [0.05, 0.1) is 16.3 Å². The van der Waals surface area contributed by atoms with Gasteiger partial charge in [0, 0.05) is 17.5 Å². The maximum Gasteiger partial charge on any atom is 0.433 e. The molecule has 1 aromatic carbocycles. The van der Waals surface area contributed by atoms with E-state index >= 15 is 0 Å². The first kappa shape index (κ1) is 16.9. The van der Waals surface area contributed by atoms with Crippen molar-refractivity contribution in [3.8, 4) is 11.3 Å². The molecule has 1 aromatic heterocycles. The van der Waals surface area contributed by atoms with Crippen LogP contribution in [0.3, 0.4) is 0 Å². The molecule has 0 aliphatic rings. The summed E-state index contributed by atoms with van der Waals surface area (Å²) in [6.07, 6.45) is -5.30. The Morgan fingerprint density at radius 1 is 1.39 bits per heavy atom. The molecule has 0 radical (unpaired) electrons. The van der Waals surface area contributed by atoms with Gasteiger partial charge in [-0.3, -0.25) is 5.10 Å². The number of carbonyl (C=O) groups excluding carboxylic acids is 1. The molecule has 0 amide bonds. The smallest absolute Gasteiger partial charge is 0.433 e. The molecule has 10 heteroatoms. The lowest BCUT2D eigenvalue weighted by Crippen LogP contribution is -2.09. The molecule has 0 saturated heterocycles. The summed E-state index contributed by atoms with van der Waals surface area (Å²) in [5.74, 6) is -2.55. The molecule has 1 heterocycles. The van der Waals surface area contributed by atoms with Crippen LogP contribution in [0.5, 0.6) is 0 Å². The van der Waals surface area contributed by atoms with E-state index in [4.69, 9.17) is 16.7 Å². The van der Waals surface area contributed by atoms with Gasteiger partial charge in [0.1, 0.15) is 17.8 Å². The molecule has 2 aromatic rings. The van der Waals surface area contributed by atoms with E-state index in [1.54, 1.807) is 5.10 Å². The molecule has 23 heavy (non-hydrogen) atoms. The van der Waals surface area contributed by atoms with Crippen molar-refractivity contribution < 1.29 is 32.3 Å². The molecule has 0 aliphatic carbocycles. The number of carbonyl (C=O) groups is 2. The van der Waals surface area contributed by atoms with Gasteiger partial charge in [0.2, 0.25) is 0 Å². The van der Waals surface area contributed by atoms with Crippen LogP contribution in [0.15, 0.2) is 12.1 Å². The zero-order valence-corrected chi connectivity index (χ0v) is 11.8. The summed E-state index contributed by atoms with van der Waals surface area (Å²) >= 11 is 5.58. The summed E-state index contributed by atoms with van der Waals surface area (Å²) in [6.45, 7) is 0. The van der Waals surface area contributed by atoms with Crippen LogP contribution >= 0.6 is 11.6 Å². The number of rotatable bonds is 4. The highest BCUT2D eigenvalue weighted by Gasteiger charge is 2.37. The van der Waals surface area contributed by atoms with E-state index < -0.39 is 57.5 Å². The lowest BCUT2D eigenvalue weighted by Gasteiger charge is -2.08. The highest BCUT2D eigenvalue weighted by molar-refractivity contribution is 6.33. The first-order valence-corrected chi connectivity index (χ1v) is 6.35. The average molecular weight is 351 g/mol. The zero-order chi connectivity index (χ0) is 17.4. The van der Waals surface area contributed by atoms with Crippen LogP contribution in [-0.2, 0) is 17.4 Å². The predicted molar refractivity (Wildman–Crippen MR) is 70.7 cm³/mol. The second kappa shape index (κ2) is 5.99. The topological polar surface area (TPSA) is 83.1 Å². The number of halogens is 5. The molecule has 0 atom stereocenters. The second-order valence-corrected chi connectivity index (χ2v) is 4.82. The summed E-state index contributed by atoms with van der Waals surface area (Å²) in [6, 6.07) is 1.43. The number of nitrogens with one attached hydrogen (secondary N) is 1. The predicted octanol–water partition coefficient (Wildman–Crippen LogP) is 3.33. The minimum absolute atomic E-state index is 0.204.